The Labute approximate surface area is 137 Å². The van der Waals surface area contributed by atoms with E-state index in [0.717, 1.165) is 12.8 Å². The van der Waals surface area contributed by atoms with Crippen LogP contribution in [0.15, 0.2) is 54.6 Å². The van der Waals surface area contributed by atoms with Crippen LogP contribution in [0, 0.1) is 0 Å². The summed E-state index contributed by atoms with van der Waals surface area (Å²) in [7, 11) is 0. The van der Waals surface area contributed by atoms with E-state index < -0.39 is 0 Å². The molecule has 0 spiro atoms. The van der Waals surface area contributed by atoms with Gasteiger partial charge in [0, 0.05) is 17.6 Å². The molecule has 2 aromatic carbocycles. The molecule has 1 aliphatic rings. The number of rotatable bonds is 4. The first-order valence-electron chi connectivity index (χ1n) is 7.40. The van der Waals surface area contributed by atoms with Gasteiger partial charge < -0.3 is 11.1 Å². The number of nitrogens with two attached hydrogens (primary N) is 1. The van der Waals surface area contributed by atoms with E-state index >= 15 is 0 Å². The van der Waals surface area contributed by atoms with Crippen molar-refractivity contribution in [1.29, 1.82) is 0 Å². The standard InChI is InChI=1S/C18H20N2O.ClH/c19-16-10-5-4-9-15(16)17(21)20-13-18(11-6-12-18)14-7-2-1-3-8-14;/h1-5,7-10H,6,11-13,19H2,(H,20,21);1H. The molecular weight excluding hydrogens is 296 g/mol. The van der Waals surface area contributed by atoms with Gasteiger partial charge in [-0.2, -0.15) is 0 Å². The summed E-state index contributed by atoms with van der Waals surface area (Å²) in [6, 6.07) is 17.7. The van der Waals surface area contributed by atoms with Crippen LogP contribution in [-0.2, 0) is 5.41 Å². The Hall–Kier alpha value is -2.00. The predicted molar refractivity (Wildman–Crippen MR) is 92.4 cm³/mol. The maximum Gasteiger partial charge on any atom is 0.253 e. The molecule has 116 valence electrons. The van der Waals surface area contributed by atoms with Gasteiger partial charge in [-0.3, -0.25) is 4.79 Å². The number of carbonyl (C=O) groups excluding carboxylic acids is 1. The molecule has 3 rings (SSSR count). The van der Waals surface area contributed by atoms with Crippen LogP contribution in [0.25, 0.3) is 0 Å². The maximum absolute atomic E-state index is 12.3. The van der Waals surface area contributed by atoms with Crippen LogP contribution < -0.4 is 11.1 Å². The molecule has 1 fully saturated rings. The Balaban J connectivity index is 0.00000176. The van der Waals surface area contributed by atoms with Crippen molar-refractivity contribution in [2.45, 2.75) is 24.7 Å². The lowest BCUT2D eigenvalue weighted by molar-refractivity contribution is 0.0929. The lowest BCUT2D eigenvalue weighted by Gasteiger charge is -2.42. The first-order valence-corrected chi connectivity index (χ1v) is 7.40. The zero-order valence-electron chi connectivity index (χ0n) is 12.4. The summed E-state index contributed by atoms with van der Waals surface area (Å²) < 4.78 is 0. The third-order valence-corrected chi connectivity index (χ3v) is 4.49. The first-order chi connectivity index (χ1) is 10.2. The Morgan fingerprint density at radius 1 is 1.05 bits per heavy atom. The Kier molecular flexibility index (Phi) is 5.09. The van der Waals surface area contributed by atoms with Gasteiger partial charge in [0.25, 0.3) is 5.91 Å². The van der Waals surface area contributed by atoms with Crippen LogP contribution >= 0.6 is 12.4 Å². The van der Waals surface area contributed by atoms with Gasteiger partial charge >= 0.3 is 0 Å². The lowest BCUT2D eigenvalue weighted by atomic mass is 9.64. The van der Waals surface area contributed by atoms with Gasteiger partial charge in [-0.05, 0) is 30.5 Å². The SMILES string of the molecule is Cl.Nc1ccccc1C(=O)NCC1(c2ccccc2)CCC1. The zero-order chi connectivity index (χ0) is 14.7. The number of amides is 1. The molecule has 0 atom stereocenters. The molecule has 1 aliphatic carbocycles. The van der Waals surface area contributed by atoms with E-state index in [0.29, 0.717) is 17.8 Å². The lowest BCUT2D eigenvalue weighted by Crippen LogP contribution is -2.45. The molecule has 0 saturated heterocycles. The summed E-state index contributed by atoms with van der Waals surface area (Å²) >= 11 is 0. The highest BCUT2D eigenvalue weighted by Gasteiger charge is 2.38. The number of hydrogen-bond acceptors (Lipinski definition) is 2. The van der Waals surface area contributed by atoms with Crippen molar-refractivity contribution in [3.8, 4) is 0 Å². The van der Waals surface area contributed by atoms with Crippen molar-refractivity contribution in [3.63, 3.8) is 0 Å². The van der Waals surface area contributed by atoms with Crippen LogP contribution in [0.5, 0.6) is 0 Å². The highest BCUT2D eigenvalue weighted by atomic mass is 35.5. The molecule has 1 saturated carbocycles. The van der Waals surface area contributed by atoms with E-state index in [1.807, 2.05) is 18.2 Å². The van der Waals surface area contributed by atoms with Crippen LogP contribution in [-0.4, -0.2) is 12.5 Å². The van der Waals surface area contributed by atoms with Gasteiger partial charge in [0.1, 0.15) is 0 Å². The summed E-state index contributed by atoms with van der Waals surface area (Å²) in [5, 5.41) is 3.06. The fourth-order valence-electron chi connectivity index (χ4n) is 3.01. The second-order valence-corrected chi connectivity index (χ2v) is 5.77. The van der Waals surface area contributed by atoms with Crippen molar-refractivity contribution in [3.05, 3.63) is 65.7 Å². The monoisotopic (exact) mass is 316 g/mol. The number of para-hydroxylation sites is 1. The molecule has 22 heavy (non-hydrogen) atoms. The molecule has 0 heterocycles. The van der Waals surface area contributed by atoms with E-state index in [1.54, 1.807) is 12.1 Å². The number of carbonyl (C=O) groups is 1. The number of hydrogen-bond donors (Lipinski definition) is 2. The summed E-state index contributed by atoms with van der Waals surface area (Å²) in [6.07, 6.45) is 3.47. The minimum Gasteiger partial charge on any atom is -0.398 e. The minimum absolute atomic E-state index is 0. The van der Waals surface area contributed by atoms with E-state index in [9.17, 15) is 4.79 Å². The summed E-state index contributed by atoms with van der Waals surface area (Å²) in [6.45, 7) is 0.671. The molecule has 0 bridgehead atoms. The quantitative estimate of drug-likeness (QED) is 0.848. The molecule has 0 radical (unpaired) electrons. The van der Waals surface area contributed by atoms with Crippen LogP contribution in [0.2, 0.25) is 0 Å². The smallest absolute Gasteiger partial charge is 0.253 e. The van der Waals surface area contributed by atoms with E-state index in [1.165, 1.54) is 12.0 Å². The summed E-state index contributed by atoms with van der Waals surface area (Å²) in [4.78, 5) is 12.3. The first kappa shape index (κ1) is 16.4. The van der Waals surface area contributed by atoms with Gasteiger partial charge in [-0.15, -0.1) is 12.4 Å². The van der Waals surface area contributed by atoms with Gasteiger partial charge in [-0.1, -0.05) is 48.9 Å². The molecule has 3 N–H and O–H groups in total. The second-order valence-electron chi connectivity index (χ2n) is 5.77. The molecule has 0 unspecified atom stereocenters. The largest absolute Gasteiger partial charge is 0.398 e. The normalized spacial score (nSPS) is 15.3. The molecule has 4 heteroatoms. The van der Waals surface area contributed by atoms with Crippen LogP contribution in [0.3, 0.4) is 0 Å². The van der Waals surface area contributed by atoms with Crippen LogP contribution in [0.4, 0.5) is 5.69 Å². The van der Waals surface area contributed by atoms with Crippen molar-refractivity contribution in [1.82, 2.24) is 5.32 Å². The summed E-state index contributed by atoms with van der Waals surface area (Å²) in [5.41, 5.74) is 8.35. The number of anilines is 1. The molecule has 0 aromatic heterocycles. The van der Waals surface area contributed by atoms with Crippen molar-refractivity contribution < 1.29 is 4.79 Å². The van der Waals surface area contributed by atoms with Crippen molar-refractivity contribution in [2.24, 2.45) is 0 Å². The molecule has 0 aliphatic heterocycles. The van der Waals surface area contributed by atoms with Crippen molar-refractivity contribution in [2.75, 3.05) is 12.3 Å². The second kappa shape index (κ2) is 6.84. The van der Waals surface area contributed by atoms with Crippen LogP contribution in [0.1, 0.15) is 35.2 Å². The number of halogens is 1. The van der Waals surface area contributed by atoms with Gasteiger partial charge in [-0.25, -0.2) is 0 Å². The number of nitrogens with one attached hydrogen (secondary N) is 1. The molecule has 1 amide bonds. The van der Waals surface area contributed by atoms with E-state index in [-0.39, 0.29) is 23.7 Å². The topological polar surface area (TPSA) is 55.1 Å². The summed E-state index contributed by atoms with van der Waals surface area (Å²) in [5.74, 6) is -0.0877. The Morgan fingerprint density at radius 3 is 2.27 bits per heavy atom. The third-order valence-electron chi connectivity index (χ3n) is 4.49. The maximum atomic E-state index is 12.3. The van der Waals surface area contributed by atoms with Gasteiger partial charge in [0.05, 0.1) is 5.56 Å². The predicted octanol–water partition coefficient (Wildman–Crippen LogP) is 3.54. The molecular formula is C18H21ClN2O. The molecule has 3 nitrogen and oxygen atoms in total. The number of nitrogen functional groups attached to an aromatic ring is 1. The average Bonchev–Trinajstić information content (AvgIpc) is 2.47. The minimum atomic E-state index is -0.0877. The van der Waals surface area contributed by atoms with Gasteiger partial charge in [0.2, 0.25) is 0 Å². The third kappa shape index (κ3) is 3.09. The average molecular weight is 317 g/mol. The molecule has 2 aromatic rings. The van der Waals surface area contributed by atoms with Gasteiger partial charge in [0.15, 0.2) is 0 Å². The Bertz CT molecular complexity index is 639. The van der Waals surface area contributed by atoms with E-state index in [2.05, 4.69) is 29.6 Å². The fourth-order valence-corrected chi connectivity index (χ4v) is 3.01. The Morgan fingerprint density at radius 2 is 1.68 bits per heavy atom. The number of benzene rings is 2. The van der Waals surface area contributed by atoms with E-state index in [4.69, 9.17) is 5.73 Å². The van der Waals surface area contributed by atoms with Crippen molar-refractivity contribution >= 4 is 24.0 Å². The highest BCUT2D eigenvalue weighted by molar-refractivity contribution is 5.99. The fraction of sp³-hybridized carbons (Fsp3) is 0.278. The highest BCUT2D eigenvalue weighted by Crippen LogP contribution is 2.43. The zero-order valence-corrected chi connectivity index (χ0v) is 13.2.